The maximum atomic E-state index is 12.2. The zero-order chi connectivity index (χ0) is 13.5. The van der Waals surface area contributed by atoms with Gasteiger partial charge in [0.25, 0.3) is 5.91 Å². The largest absolute Gasteiger partial charge is 0.395 e. The molecule has 0 unspecified atom stereocenters. The van der Waals surface area contributed by atoms with Crippen LogP contribution in [0.1, 0.15) is 37.0 Å². The smallest absolute Gasteiger partial charge is 0.285 e. The van der Waals surface area contributed by atoms with Gasteiger partial charge in [-0.2, -0.15) is 0 Å². The average Bonchev–Trinajstić information content (AvgIpc) is 2.81. The van der Waals surface area contributed by atoms with E-state index in [1.807, 2.05) is 13.8 Å². The van der Waals surface area contributed by atoms with Crippen molar-refractivity contribution in [1.29, 1.82) is 0 Å². The molecule has 1 aromatic rings. The number of nitrogens with zero attached hydrogens (tertiary/aromatic N) is 3. The van der Waals surface area contributed by atoms with E-state index in [9.17, 15) is 4.79 Å². The van der Waals surface area contributed by atoms with Gasteiger partial charge >= 0.3 is 0 Å². The molecule has 0 aliphatic heterocycles. The molecule has 0 aliphatic rings. The lowest BCUT2D eigenvalue weighted by Gasteiger charge is -2.24. The van der Waals surface area contributed by atoms with Crippen LogP contribution >= 0.6 is 11.3 Å². The third kappa shape index (κ3) is 3.92. The molecule has 0 aromatic carbocycles. The molecule has 0 saturated heterocycles. The Bertz CT molecular complexity index is 381. The fourth-order valence-corrected chi connectivity index (χ4v) is 2.16. The van der Waals surface area contributed by atoms with Crippen molar-refractivity contribution in [3.8, 4) is 0 Å². The number of aliphatic hydroxyl groups excluding tert-OH is 1. The zero-order valence-electron chi connectivity index (χ0n) is 11.0. The van der Waals surface area contributed by atoms with Crippen molar-refractivity contribution in [3.05, 3.63) is 5.01 Å². The molecule has 6 nitrogen and oxygen atoms in total. The van der Waals surface area contributed by atoms with E-state index in [-0.39, 0.29) is 18.6 Å². The molecule has 18 heavy (non-hydrogen) atoms. The second-order valence-electron chi connectivity index (χ2n) is 4.16. The van der Waals surface area contributed by atoms with Gasteiger partial charge in [-0.3, -0.25) is 4.79 Å². The van der Waals surface area contributed by atoms with Crippen LogP contribution in [0, 0.1) is 0 Å². The number of nitrogens with one attached hydrogen (secondary N) is 1. The van der Waals surface area contributed by atoms with E-state index in [2.05, 4.69) is 22.4 Å². The van der Waals surface area contributed by atoms with Gasteiger partial charge in [-0.1, -0.05) is 18.3 Å². The van der Waals surface area contributed by atoms with Gasteiger partial charge < -0.3 is 15.3 Å². The Hall–Kier alpha value is -1.21. The van der Waals surface area contributed by atoms with Crippen LogP contribution in [0.5, 0.6) is 0 Å². The number of anilines is 1. The molecule has 0 saturated carbocycles. The number of carbonyl (C=O) groups is 1. The standard InChI is InChI=1S/C11H20N4O2S/c1-4-5-12-11-14-13-9(18-11)10(17)15(6-7-16)8(2)3/h8,16H,4-7H2,1-3H3,(H,12,14). The lowest BCUT2D eigenvalue weighted by Crippen LogP contribution is -2.38. The fraction of sp³-hybridized carbons (Fsp3) is 0.727. The number of rotatable bonds is 7. The number of hydrogen-bond donors (Lipinski definition) is 2. The summed E-state index contributed by atoms with van der Waals surface area (Å²) in [7, 11) is 0. The summed E-state index contributed by atoms with van der Waals surface area (Å²) in [5.74, 6) is -0.180. The molecule has 0 radical (unpaired) electrons. The molecule has 1 aromatic heterocycles. The van der Waals surface area contributed by atoms with Gasteiger partial charge in [-0.15, -0.1) is 10.2 Å². The molecule has 102 valence electrons. The number of amides is 1. The summed E-state index contributed by atoms with van der Waals surface area (Å²) in [6.07, 6.45) is 0.992. The number of hydrogen-bond acceptors (Lipinski definition) is 6. The van der Waals surface area contributed by atoms with Gasteiger partial charge in [-0.05, 0) is 20.3 Å². The first-order valence-electron chi connectivity index (χ1n) is 6.09. The van der Waals surface area contributed by atoms with Gasteiger partial charge in [0.1, 0.15) is 0 Å². The summed E-state index contributed by atoms with van der Waals surface area (Å²) in [6.45, 7) is 6.95. The summed E-state index contributed by atoms with van der Waals surface area (Å²) in [4.78, 5) is 13.7. The molecule has 0 atom stereocenters. The van der Waals surface area contributed by atoms with Crippen molar-refractivity contribution in [1.82, 2.24) is 15.1 Å². The van der Waals surface area contributed by atoms with E-state index in [1.165, 1.54) is 11.3 Å². The summed E-state index contributed by atoms with van der Waals surface area (Å²) in [5, 5.41) is 20.9. The minimum absolute atomic E-state index is 0.0283. The molecule has 1 heterocycles. The molecule has 7 heteroatoms. The molecular weight excluding hydrogens is 252 g/mol. The Labute approximate surface area is 111 Å². The summed E-state index contributed by atoms with van der Waals surface area (Å²) >= 11 is 1.25. The van der Waals surface area contributed by atoms with Gasteiger partial charge in [0, 0.05) is 19.1 Å². The second kappa shape index (κ2) is 7.27. The average molecular weight is 272 g/mol. The highest BCUT2D eigenvalue weighted by molar-refractivity contribution is 7.17. The highest BCUT2D eigenvalue weighted by atomic mass is 32.1. The van der Waals surface area contributed by atoms with Crippen LogP contribution in [0.3, 0.4) is 0 Å². The van der Waals surface area contributed by atoms with Gasteiger partial charge in [0.05, 0.1) is 6.61 Å². The van der Waals surface area contributed by atoms with Gasteiger partial charge in [-0.25, -0.2) is 0 Å². The van der Waals surface area contributed by atoms with Gasteiger partial charge in [0.15, 0.2) is 0 Å². The van der Waals surface area contributed by atoms with E-state index in [1.54, 1.807) is 4.90 Å². The monoisotopic (exact) mass is 272 g/mol. The molecule has 1 amide bonds. The zero-order valence-corrected chi connectivity index (χ0v) is 11.8. The molecular formula is C11H20N4O2S. The predicted octanol–water partition coefficient (Wildman–Crippen LogP) is 1.20. The number of aliphatic hydroxyl groups is 1. The first-order valence-corrected chi connectivity index (χ1v) is 6.91. The second-order valence-corrected chi connectivity index (χ2v) is 5.13. The highest BCUT2D eigenvalue weighted by Crippen LogP contribution is 2.17. The normalized spacial score (nSPS) is 10.7. The third-order valence-corrected chi connectivity index (χ3v) is 3.23. The topological polar surface area (TPSA) is 78.4 Å². The molecule has 2 N–H and O–H groups in total. The molecule has 0 bridgehead atoms. The molecule has 0 fully saturated rings. The maximum absolute atomic E-state index is 12.2. The van der Waals surface area contributed by atoms with Crippen LogP contribution in [-0.2, 0) is 0 Å². The first kappa shape index (κ1) is 14.8. The summed E-state index contributed by atoms with van der Waals surface area (Å²) in [6, 6.07) is 0.0283. The SMILES string of the molecule is CCCNc1nnc(C(=O)N(CCO)C(C)C)s1. The minimum atomic E-state index is -0.180. The quantitative estimate of drug-likeness (QED) is 0.780. The third-order valence-electron chi connectivity index (χ3n) is 2.36. The number of aromatic nitrogens is 2. The Morgan fingerprint density at radius 2 is 2.22 bits per heavy atom. The van der Waals surface area contributed by atoms with Crippen LogP contribution in [0.25, 0.3) is 0 Å². The fourth-order valence-electron chi connectivity index (χ4n) is 1.44. The van der Waals surface area contributed by atoms with Crippen LogP contribution in [0.15, 0.2) is 0 Å². The van der Waals surface area contributed by atoms with Gasteiger partial charge in [0.2, 0.25) is 10.1 Å². The predicted molar refractivity (Wildman–Crippen MR) is 71.9 cm³/mol. The lowest BCUT2D eigenvalue weighted by atomic mass is 10.3. The maximum Gasteiger partial charge on any atom is 0.285 e. The minimum Gasteiger partial charge on any atom is -0.395 e. The van der Waals surface area contributed by atoms with Crippen LogP contribution in [0.2, 0.25) is 0 Å². The van der Waals surface area contributed by atoms with Crippen LogP contribution in [0.4, 0.5) is 5.13 Å². The molecule has 1 rings (SSSR count). The van der Waals surface area contributed by atoms with E-state index in [4.69, 9.17) is 5.11 Å². The van der Waals surface area contributed by atoms with Crippen molar-refractivity contribution in [3.63, 3.8) is 0 Å². The van der Waals surface area contributed by atoms with Crippen molar-refractivity contribution >= 4 is 22.4 Å². The lowest BCUT2D eigenvalue weighted by molar-refractivity contribution is 0.0664. The van der Waals surface area contributed by atoms with Crippen LogP contribution < -0.4 is 5.32 Å². The van der Waals surface area contributed by atoms with Crippen LogP contribution in [-0.4, -0.2) is 51.8 Å². The van der Waals surface area contributed by atoms with Crippen molar-refractivity contribution < 1.29 is 9.90 Å². The van der Waals surface area contributed by atoms with E-state index >= 15 is 0 Å². The highest BCUT2D eigenvalue weighted by Gasteiger charge is 2.22. The van der Waals surface area contributed by atoms with Crippen molar-refractivity contribution in [2.24, 2.45) is 0 Å². The molecule has 0 spiro atoms. The summed E-state index contributed by atoms with van der Waals surface area (Å²) < 4.78 is 0. The molecule has 0 aliphatic carbocycles. The Morgan fingerprint density at radius 3 is 2.78 bits per heavy atom. The van der Waals surface area contributed by atoms with E-state index in [0.717, 1.165) is 13.0 Å². The Balaban J connectivity index is 2.72. The van der Waals surface area contributed by atoms with Crippen molar-refractivity contribution in [2.45, 2.75) is 33.2 Å². The first-order chi connectivity index (χ1) is 8.60. The number of carbonyl (C=O) groups excluding carboxylic acids is 1. The Morgan fingerprint density at radius 1 is 1.50 bits per heavy atom. The summed E-state index contributed by atoms with van der Waals surface area (Å²) in [5.41, 5.74) is 0. The van der Waals surface area contributed by atoms with Crippen molar-refractivity contribution in [2.75, 3.05) is 25.0 Å². The Kier molecular flexibility index (Phi) is 6.00. The van der Waals surface area contributed by atoms with E-state index < -0.39 is 0 Å². The van der Waals surface area contributed by atoms with E-state index in [0.29, 0.717) is 16.7 Å².